The molecule has 1 aromatic rings. The molecule has 1 aromatic heterocycles. The van der Waals surface area contributed by atoms with Crippen LogP contribution in [0.3, 0.4) is 0 Å². The van der Waals surface area contributed by atoms with Gasteiger partial charge in [-0.25, -0.2) is 0 Å². The van der Waals surface area contributed by atoms with Gasteiger partial charge in [0.05, 0.1) is 5.56 Å². The Bertz CT molecular complexity index is 708. The van der Waals surface area contributed by atoms with Crippen molar-refractivity contribution in [2.24, 2.45) is 5.41 Å². The second-order valence-electron chi connectivity index (χ2n) is 8.34. The van der Waals surface area contributed by atoms with E-state index >= 15 is 0 Å². The number of nitrogens with zero attached hydrogens (tertiary/aromatic N) is 2. The van der Waals surface area contributed by atoms with Gasteiger partial charge in [-0.15, -0.1) is 0 Å². The lowest BCUT2D eigenvalue weighted by atomic mass is 9.67. The van der Waals surface area contributed by atoms with Gasteiger partial charge in [-0.05, 0) is 58.4 Å². The molecular formula is C21H30N2O4. The number of aryl methyl sites for hydroxylation is 2. The van der Waals surface area contributed by atoms with Gasteiger partial charge >= 0.3 is 0 Å². The molecule has 2 amide bonds. The van der Waals surface area contributed by atoms with Crippen LogP contribution in [0.15, 0.2) is 10.5 Å². The average Bonchev–Trinajstić information content (AvgIpc) is 3.31. The molecule has 0 bridgehead atoms. The third-order valence-electron chi connectivity index (χ3n) is 6.64. The first kappa shape index (κ1) is 18.5. The summed E-state index contributed by atoms with van der Waals surface area (Å²) in [6.45, 7) is 7.29. The molecule has 27 heavy (non-hydrogen) atoms. The van der Waals surface area contributed by atoms with Crippen molar-refractivity contribution >= 4 is 11.8 Å². The van der Waals surface area contributed by atoms with Crippen molar-refractivity contribution < 1.29 is 18.7 Å². The van der Waals surface area contributed by atoms with Crippen LogP contribution in [-0.4, -0.2) is 60.5 Å². The number of piperidine rings is 1. The normalized spacial score (nSPS) is 25.2. The predicted molar refractivity (Wildman–Crippen MR) is 101 cm³/mol. The maximum Gasteiger partial charge on any atom is 0.258 e. The van der Waals surface area contributed by atoms with Crippen LogP contribution >= 0.6 is 0 Å². The number of amides is 2. The lowest BCUT2D eigenvalue weighted by Gasteiger charge is -2.51. The fourth-order valence-electron chi connectivity index (χ4n) is 5.22. The Kier molecular flexibility index (Phi) is 5.01. The summed E-state index contributed by atoms with van der Waals surface area (Å²) in [4.78, 5) is 30.9. The lowest BCUT2D eigenvalue weighted by molar-refractivity contribution is -0.147. The van der Waals surface area contributed by atoms with Gasteiger partial charge in [0.15, 0.2) is 0 Å². The number of hydrogen-bond donors (Lipinski definition) is 0. The van der Waals surface area contributed by atoms with E-state index in [0.717, 1.165) is 57.4 Å². The minimum atomic E-state index is -0.379. The van der Waals surface area contributed by atoms with Crippen molar-refractivity contribution in [3.63, 3.8) is 0 Å². The molecule has 0 saturated carbocycles. The van der Waals surface area contributed by atoms with E-state index in [-0.39, 0.29) is 23.3 Å². The van der Waals surface area contributed by atoms with E-state index in [1.54, 1.807) is 6.07 Å². The maximum atomic E-state index is 13.6. The SMILES string of the molecule is Cc1cc(C(=O)N2CCCC3(CCOCC3)C2C(=O)N2CCCC2)c(C)o1. The van der Waals surface area contributed by atoms with Crippen LogP contribution in [0, 0.1) is 19.3 Å². The van der Waals surface area contributed by atoms with Crippen LogP contribution < -0.4 is 0 Å². The van der Waals surface area contributed by atoms with Crippen molar-refractivity contribution in [1.82, 2.24) is 9.80 Å². The minimum absolute atomic E-state index is 0.0625. The van der Waals surface area contributed by atoms with Crippen LogP contribution in [0.2, 0.25) is 0 Å². The van der Waals surface area contributed by atoms with E-state index in [1.807, 2.05) is 23.6 Å². The van der Waals surface area contributed by atoms with Gasteiger partial charge in [-0.1, -0.05) is 0 Å². The van der Waals surface area contributed by atoms with Gasteiger partial charge in [0, 0.05) is 38.3 Å². The van der Waals surface area contributed by atoms with E-state index in [4.69, 9.17) is 9.15 Å². The summed E-state index contributed by atoms with van der Waals surface area (Å²) >= 11 is 0. The standard InChI is InChI=1S/C21H30N2O4/c1-15-14-17(16(2)27-15)19(24)23-11-5-6-21(7-12-26-13-8-21)18(23)20(25)22-9-3-4-10-22/h14,18H,3-13H2,1-2H3. The molecule has 1 atom stereocenters. The summed E-state index contributed by atoms with van der Waals surface area (Å²) in [6.07, 6.45) is 5.75. The van der Waals surface area contributed by atoms with Crippen LogP contribution in [-0.2, 0) is 9.53 Å². The highest BCUT2D eigenvalue weighted by molar-refractivity contribution is 5.99. The molecule has 3 fully saturated rings. The zero-order valence-electron chi connectivity index (χ0n) is 16.5. The topological polar surface area (TPSA) is 63.0 Å². The first-order chi connectivity index (χ1) is 13.0. The number of carbonyl (C=O) groups is 2. The van der Waals surface area contributed by atoms with Crippen LogP contribution in [0.25, 0.3) is 0 Å². The number of hydrogen-bond acceptors (Lipinski definition) is 4. The fourth-order valence-corrected chi connectivity index (χ4v) is 5.22. The van der Waals surface area contributed by atoms with Gasteiger partial charge in [-0.2, -0.15) is 0 Å². The van der Waals surface area contributed by atoms with Crippen molar-refractivity contribution in [1.29, 1.82) is 0 Å². The Balaban J connectivity index is 1.70. The quantitative estimate of drug-likeness (QED) is 0.798. The van der Waals surface area contributed by atoms with Gasteiger partial charge in [0.2, 0.25) is 5.91 Å². The van der Waals surface area contributed by atoms with E-state index in [0.29, 0.717) is 31.1 Å². The summed E-state index contributed by atoms with van der Waals surface area (Å²) in [5, 5.41) is 0. The molecule has 0 radical (unpaired) electrons. The van der Waals surface area contributed by atoms with Gasteiger partial charge < -0.3 is 19.0 Å². The Morgan fingerprint density at radius 2 is 1.74 bits per heavy atom. The molecule has 6 nitrogen and oxygen atoms in total. The Morgan fingerprint density at radius 3 is 2.37 bits per heavy atom. The van der Waals surface area contributed by atoms with Crippen molar-refractivity contribution in [2.75, 3.05) is 32.8 Å². The third kappa shape index (κ3) is 3.28. The second kappa shape index (κ2) is 7.30. The zero-order chi connectivity index (χ0) is 19.0. The zero-order valence-corrected chi connectivity index (χ0v) is 16.5. The highest BCUT2D eigenvalue weighted by Crippen LogP contribution is 2.45. The molecule has 3 saturated heterocycles. The van der Waals surface area contributed by atoms with Crippen molar-refractivity contribution in [3.05, 3.63) is 23.2 Å². The highest BCUT2D eigenvalue weighted by Gasteiger charge is 2.52. The van der Waals surface area contributed by atoms with Crippen LogP contribution in [0.4, 0.5) is 0 Å². The maximum absolute atomic E-state index is 13.6. The van der Waals surface area contributed by atoms with E-state index in [1.165, 1.54) is 0 Å². The summed E-state index contributed by atoms with van der Waals surface area (Å²) in [7, 11) is 0. The van der Waals surface area contributed by atoms with E-state index < -0.39 is 0 Å². The molecule has 6 heteroatoms. The average molecular weight is 374 g/mol. The summed E-state index contributed by atoms with van der Waals surface area (Å²) in [5.74, 6) is 1.44. The van der Waals surface area contributed by atoms with Crippen molar-refractivity contribution in [3.8, 4) is 0 Å². The largest absolute Gasteiger partial charge is 0.466 e. The third-order valence-corrected chi connectivity index (χ3v) is 6.64. The number of ether oxygens (including phenoxy) is 1. The van der Waals surface area contributed by atoms with Gasteiger partial charge in [0.25, 0.3) is 5.91 Å². The molecule has 3 aliphatic heterocycles. The molecule has 0 aliphatic carbocycles. The minimum Gasteiger partial charge on any atom is -0.466 e. The first-order valence-electron chi connectivity index (χ1n) is 10.3. The Morgan fingerprint density at radius 1 is 1.04 bits per heavy atom. The predicted octanol–water partition coefficient (Wildman–Crippen LogP) is 2.92. The Labute approximate surface area is 160 Å². The van der Waals surface area contributed by atoms with Gasteiger partial charge in [0.1, 0.15) is 17.6 Å². The Hall–Kier alpha value is -1.82. The first-order valence-corrected chi connectivity index (χ1v) is 10.3. The molecule has 148 valence electrons. The molecule has 3 aliphatic rings. The summed E-state index contributed by atoms with van der Waals surface area (Å²) < 4.78 is 11.2. The number of likely N-dealkylation sites (tertiary alicyclic amines) is 2. The molecule has 1 spiro atoms. The number of rotatable bonds is 2. The molecular weight excluding hydrogens is 344 g/mol. The second-order valence-corrected chi connectivity index (χ2v) is 8.34. The van der Waals surface area contributed by atoms with E-state index in [9.17, 15) is 9.59 Å². The fraction of sp³-hybridized carbons (Fsp3) is 0.714. The van der Waals surface area contributed by atoms with Crippen molar-refractivity contribution in [2.45, 2.75) is 58.4 Å². The molecule has 1 unspecified atom stereocenters. The molecule has 0 N–H and O–H groups in total. The molecule has 4 heterocycles. The highest BCUT2D eigenvalue weighted by atomic mass is 16.5. The molecule has 0 aromatic carbocycles. The van der Waals surface area contributed by atoms with Crippen LogP contribution in [0.1, 0.15) is 60.4 Å². The summed E-state index contributed by atoms with van der Waals surface area (Å²) in [5.41, 5.74) is 0.439. The van der Waals surface area contributed by atoms with Crippen LogP contribution in [0.5, 0.6) is 0 Å². The monoisotopic (exact) mass is 374 g/mol. The summed E-state index contributed by atoms with van der Waals surface area (Å²) in [6, 6.07) is 1.43. The smallest absolute Gasteiger partial charge is 0.258 e. The lowest BCUT2D eigenvalue weighted by Crippen LogP contribution is -2.62. The number of furan rings is 1. The van der Waals surface area contributed by atoms with Gasteiger partial charge in [-0.3, -0.25) is 9.59 Å². The molecule has 4 rings (SSSR count). The number of carbonyl (C=O) groups excluding carboxylic acids is 2. The van der Waals surface area contributed by atoms with E-state index in [2.05, 4.69) is 0 Å².